The van der Waals surface area contributed by atoms with E-state index < -0.39 is 0 Å². The van der Waals surface area contributed by atoms with Gasteiger partial charge in [-0.3, -0.25) is 4.79 Å². The maximum Gasteiger partial charge on any atom is 0.348 e. The van der Waals surface area contributed by atoms with Crippen LogP contribution in [-0.4, -0.2) is 27.7 Å². The Morgan fingerprint density at radius 2 is 2.22 bits per heavy atom. The Hall–Kier alpha value is -2.37. The fourth-order valence-corrected chi connectivity index (χ4v) is 1.72. The highest BCUT2D eigenvalue weighted by Crippen LogP contribution is 2.09. The molecule has 2 rings (SSSR count). The SMILES string of the molecule is COc1nn(C)c(=O)n1Cc1cccc(C=O)c1. The fraction of sp³-hybridized carbons (Fsp3) is 0.250. The van der Waals surface area contributed by atoms with E-state index in [4.69, 9.17) is 4.74 Å². The van der Waals surface area contributed by atoms with Crippen LogP contribution in [0, 0.1) is 0 Å². The second-order valence-electron chi connectivity index (χ2n) is 3.84. The third-order valence-electron chi connectivity index (χ3n) is 2.58. The van der Waals surface area contributed by atoms with Crippen LogP contribution in [0.4, 0.5) is 0 Å². The second-order valence-corrected chi connectivity index (χ2v) is 3.84. The molecule has 2 aromatic rings. The Bertz CT molecular complexity index is 628. The van der Waals surface area contributed by atoms with Crippen molar-refractivity contribution in [2.24, 2.45) is 7.05 Å². The summed E-state index contributed by atoms with van der Waals surface area (Å²) in [5, 5.41) is 3.94. The van der Waals surface area contributed by atoms with Gasteiger partial charge in [-0.1, -0.05) is 18.2 Å². The Kier molecular flexibility index (Phi) is 3.27. The minimum absolute atomic E-state index is 0.249. The van der Waals surface area contributed by atoms with Gasteiger partial charge < -0.3 is 4.74 Å². The lowest BCUT2D eigenvalue weighted by atomic mass is 10.1. The highest BCUT2D eigenvalue weighted by Gasteiger charge is 2.11. The van der Waals surface area contributed by atoms with Crippen LogP contribution < -0.4 is 10.4 Å². The van der Waals surface area contributed by atoms with Crippen LogP contribution in [0.5, 0.6) is 6.01 Å². The molecule has 0 aliphatic carbocycles. The number of benzene rings is 1. The van der Waals surface area contributed by atoms with Crippen LogP contribution in [0.25, 0.3) is 0 Å². The summed E-state index contributed by atoms with van der Waals surface area (Å²) in [7, 11) is 3.02. The molecule has 0 atom stereocenters. The third kappa shape index (κ3) is 2.17. The molecule has 18 heavy (non-hydrogen) atoms. The van der Waals surface area contributed by atoms with E-state index in [2.05, 4.69) is 5.10 Å². The molecular weight excluding hydrogens is 234 g/mol. The van der Waals surface area contributed by atoms with E-state index in [0.29, 0.717) is 12.1 Å². The monoisotopic (exact) mass is 247 g/mol. The van der Waals surface area contributed by atoms with E-state index >= 15 is 0 Å². The smallest absolute Gasteiger partial charge is 0.348 e. The van der Waals surface area contributed by atoms with Crippen molar-refractivity contribution in [1.82, 2.24) is 14.3 Å². The molecule has 0 N–H and O–H groups in total. The molecule has 1 heterocycles. The summed E-state index contributed by atoms with van der Waals surface area (Å²) >= 11 is 0. The first-order valence-corrected chi connectivity index (χ1v) is 5.37. The molecule has 6 nitrogen and oxygen atoms in total. The van der Waals surface area contributed by atoms with Crippen LogP contribution in [0.1, 0.15) is 15.9 Å². The van der Waals surface area contributed by atoms with E-state index in [-0.39, 0.29) is 11.7 Å². The van der Waals surface area contributed by atoms with Crippen LogP contribution >= 0.6 is 0 Å². The largest absolute Gasteiger partial charge is 0.467 e. The predicted molar refractivity (Wildman–Crippen MR) is 65.0 cm³/mol. The number of carbonyl (C=O) groups is 1. The normalized spacial score (nSPS) is 10.3. The minimum Gasteiger partial charge on any atom is -0.467 e. The first-order chi connectivity index (χ1) is 8.65. The molecule has 6 heteroatoms. The quantitative estimate of drug-likeness (QED) is 0.736. The van der Waals surface area contributed by atoms with E-state index in [1.54, 1.807) is 25.2 Å². The average Bonchev–Trinajstić information content (AvgIpc) is 2.67. The van der Waals surface area contributed by atoms with Crippen molar-refractivity contribution in [3.63, 3.8) is 0 Å². The predicted octanol–water partition coefficient (Wildman–Crippen LogP) is 0.451. The Balaban J connectivity index is 2.39. The maximum atomic E-state index is 11.8. The number of hydrogen-bond donors (Lipinski definition) is 0. The first kappa shape index (κ1) is 12.1. The van der Waals surface area contributed by atoms with E-state index in [1.165, 1.54) is 16.4 Å². The standard InChI is InChI=1S/C12H13N3O3/c1-14-12(17)15(11(13-14)18-2)7-9-4-3-5-10(6-9)8-16/h3-6,8H,7H2,1-2H3. The summed E-state index contributed by atoms with van der Waals surface area (Å²) in [6.45, 7) is 0.317. The highest BCUT2D eigenvalue weighted by molar-refractivity contribution is 5.74. The van der Waals surface area contributed by atoms with Crippen molar-refractivity contribution in [3.8, 4) is 6.01 Å². The molecule has 0 aliphatic rings. The van der Waals surface area contributed by atoms with E-state index in [9.17, 15) is 9.59 Å². The van der Waals surface area contributed by atoms with Gasteiger partial charge in [-0.25, -0.2) is 14.0 Å². The summed E-state index contributed by atoms with van der Waals surface area (Å²) in [5.74, 6) is 0. The molecule has 0 fully saturated rings. The Labute approximate surface area is 103 Å². The molecule has 94 valence electrons. The van der Waals surface area contributed by atoms with E-state index in [0.717, 1.165) is 11.8 Å². The van der Waals surface area contributed by atoms with Crippen molar-refractivity contribution in [1.29, 1.82) is 0 Å². The summed E-state index contributed by atoms with van der Waals surface area (Å²) < 4.78 is 7.65. The van der Waals surface area contributed by atoms with Gasteiger partial charge in [-0.2, -0.15) is 0 Å². The molecule has 0 saturated carbocycles. The van der Waals surface area contributed by atoms with Crippen LogP contribution in [0.2, 0.25) is 0 Å². The van der Waals surface area contributed by atoms with Gasteiger partial charge in [0.1, 0.15) is 6.29 Å². The summed E-state index contributed by atoms with van der Waals surface area (Å²) in [4.78, 5) is 22.5. The van der Waals surface area contributed by atoms with Gasteiger partial charge in [0.25, 0.3) is 0 Å². The average molecular weight is 247 g/mol. The van der Waals surface area contributed by atoms with Gasteiger partial charge in [0, 0.05) is 12.6 Å². The van der Waals surface area contributed by atoms with E-state index in [1.807, 2.05) is 6.07 Å². The van der Waals surface area contributed by atoms with Crippen molar-refractivity contribution in [2.45, 2.75) is 6.54 Å². The molecule has 0 radical (unpaired) electrons. The minimum atomic E-state index is -0.261. The van der Waals surface area contributed by atoms with Gasteiger partial charge in [-0.15, -0.1) is 5.10 Å². The number of aromatic nitrogens is 3. The molecule has 0 aliphatic heterocycles. The number of rotatable bonds is 4. The zero-order chi connectivity index (χ0) is 13.1. The van der Waals surface area contributed by atoms with Crippen molar-refractivity contribution >= 4 is 6.29 Å². The molecule has 1 aromatic carbocycles. The lowest BCUT2D eigenvalue weighted by molar-refractivity contribution is 0.112. The van der Waals surface area contributed by atoms with Crippen molar-refractivity contribution < 1.29 is 9.53 Å². The molecule has 1 aromatic heterocycles. The number of aldehydes is 1. The molecule has 0 bridgehead atoms. The first-order valence-electron chi connectivity index (χ1n) is 5.37. The number of ether oxygens (including phenoxy) is 1. The maximum absolute atomic E-state index is 11.8. The number of hydrogen-bond acceptors (Lipinski definition) is 4. The van der Waals surface area contributed by atoms with Gasteiger partial charge in [0.05, 0.1) is 13.7 Å². The number of methoxy groups -OCH3 is 1. The van der Waals surface area contributed by atoms with Gasteiger partial charge in [-0.05, 0) is 11.6 Å². The summed E-state index contributed by atoms with van der Waals surface area (Å²) in [6, 6.07) is 7.30. The lowest BCUT2D eigenvalue weighted by Crippen LogP contribution is -2.23. The third-order valence-corrected chi connectivity index (χ3v) is 2.58. The summed E-state index contributed by atoms with van der Waals surface area (Å²) in [5.41, 5.74) is 1.15. The topological polar surface area (TPSA) is 66.1 Å². The van der Waals surface area contributed by atoms with Crippen LogP contribution in [-0.2, 0) is 13.6 Å². The lowest BCUT2D eigenvalue weighted by Gasteiger charge is -2.04. The Morgan fingerprint density at radius 1 is 1.44 bits per heavy atom. The van der Waals surface area contributed by atoms with Crippen LogP contribution in [0.15, 0.2) is 29.1 Å². The molecule has 0 spiro atoms. The number of carbonyl (C=O) groups excluding carboxylic acids is 1. The second kappa shape index (κ2) is 4.87. The van der Waals surface area contributed by atoms with Crippen LogP contribution in [0.3, 0.4) is 0 Å². The molecule has 0 saturated heterocycles. The summed E-state index contributed by atoms with van der Waals surface area (Å²) in [6.07, 6.45) is 0.771. The fourth-order valence-electron chi connectivity index (χ4n) is 1.72. The number of nitrogens with zero attached hydrogens (tertiary/aromatic N) is 3. The molecular formula is C12H13N3O3. The Morgan fingerprint density at radius 3 is 2.89 bits per heavy atom. The van der Waals surface area contributed by atoms with Gasteiger partial charge in [0.15, 0.2) is 0 Å². The van der Waals surface area contributed by atoms with Gasteiger partial charge in [0.2, 0.25) is 0 Å². The molecule has 0 unspecified atom stereocenters. The van der Waals surface area contributed by atoms with Gasteiger partial charge >= 0.3 is 11.7 Å². The van der Waals surface area contributed by atoms with Crippen molar-refractivity contribution in [3.05, 3.63) is 45.9 Å². The zero-order valence-corrected chi connectivity index (χ0v) is 10.2. The van der Waals surface area contributed by atoms with Crippen molar-refractivity contribution in [2.75, 3.05) is 7.11 Å². The highest BCUT2D eigenvalue weighted by atomic mass is 16.5. The molecule has 0 amide bonds. The zero-order valence-electron chi connectivity index (χ0n) is 10.2. The number of aryl methyl sites for hydroxylation is 1.